The summed E-state index contributed by atoms with van der Waals surface area (Å²) in [6.45, 7) is 6.46. The van der Waals surface area contributed by atoms with Crippen molar-refractivity contribution in [3.05, 3.63) is 22.5 Å². The average molecular weight is 399 g/mol. The van der Waals surface area contributed by atoms with Crippen LogP contribution in [0.15, 0.2) is 11.0 Å². The molecule has 0 amide bonds. The molecule has 0 aromatic carbocycles. The summed E-state index contributed by atoms with van der Waals surface area (Å²) in [5, 5.41) is 0. The molecule has 9 heteroatoms. The second-order valence-corrected chi connectivity index (χ2v) is 8.82. The van der Waals surface area contributed by atoms with Gasteiger partial charge in [0.05, 0.1) is 6.20 Å². The topological polar surface area (TPSA) is 96.4 Å². The third-order valence-electron chi connectivity index (χ3n) is 5.34. The third-order valence-corrected chi connectivity index (χ3v) is 6.42. The molecule has 0 spiro atoms. The molecule has 2 fully saturated rings. The molecule has 1 aromatic rings. The number of ether oxygens (including phenoxy) is 2. The first-order valence-electron chi connectivity index (χ1n) is 9.28. The van der Waals surface area contributed by atoms with E-state index >= 15 is 0 Å². The van der Waals surface area contributed by atoms with E-state index in [0.717, 1.165) is 30.0 Å². The summed E-state index contributed by atoms with van der Waals surface area (Å²) in [6, 6.07) is 0. The van der Waals surface area contributed by atoms with Gasteiger partial charge in [0.2, 0.25) is 5.44 Å². The Labute approximate surface area is 161 Å². The summed E-state index contributed by atoms with van der Waals surface area (Å²) in [5.74, 6) is -0.0872. The van der Waals surface area contributed by atoms with Gasteiger partial charge in [-0.3, -0.25) is 4.57 Å². The highest BCUT2D eigenvalue weighted by Gasteiger charge is 2.39. The number of esters is 1. The second-order valence-electron chi connectivity index (χ2n) is 7.72. The molecule has 0 unspecified atom stereocenters. The molecular formula is C18H26FN3O4S. The van der Waals surface area contributed by atoms with Crippen LogP contribution in [0.5, 0.6) is 0 Å². The maximum atomic E-state index is 13.6. The lowest BCUT2D eigenvalue weighted by molar-refractivity contribution is -0.166. The smallest absolute Gasteiger partial charge is 0.351 e. The molecule has 0 radical (unpaired) electrons. The molecule has 7 nitrogen and oxygen atoms in total. The van der Waals surface area contributed by atoms with Crippen molar-refractivity contribution in [3.63, 3.8) is 0 Å². The van der Waals surface area contributed by atoms with E-state index in [1.54, 1.807) is 0 Å². The number of carbonyl (C=O) groups is 1. The maximum Gasteiger partial charge on any atom is 0.351 e. The minimum atomic E-state index is -0.840. The van der Waals surface area contributed by atoms with E-state index in [2.05, 4.69) is 25.8 Å². The van der Waals surface area contributed by atoms with Gasteiger partial charge in [0.15, 0.2) is 11.6 Å². The lowest BCUT2D eigenvalue weighted by Crippen LogP contribution is -2.38. The van der Waals surface area contributed by atoms with Crippen LogP contribution in [0.3, 0.4) is 0 Å². The summed E-state index contributed by atoms with van der Waals surface area (Å²) in [7, 11) is 0. The second kappa shape index (κ2) is 8.18. The summed E-state index contributed by atoms with van der Waals surface area (Å²) >= 11 is 1.23. The van der Waals surface area contributed by atoms with Crippen molar-refractivity contribution in [1.29, 1.82) is 0 Å². The zero-order valence-corrected chi connectivity index (χ0v) is 16.6. The van der Waals surface area contributed by atoms with E-state index in [0.29, 0.717) is 23.5 Å². The van der Waals surface area contributed by atoms with Crippen LogP contribution in [-0.4, -0.2) is 32.8 Å². The van der Waals surface area contributed by atoms with Gasteiger partial charge in [0.25, 0.3) is 0 Å². The number of anilines is 1. The molecule has 27 heavy (non-hydrogen) atoms. The first-order valence-corrected chi connectivity index (χ1v) is 10.3. The molecule has 1 aliphatic heterocycles. The Morgan fingerprint density at radius 1 is 1.48 bits per heavy atom. The van der Waals surface area contributed by atoms with E-state index in [-0.39, 0.29) is 6.10 Å². The molecule has 150 valence electrons. The van der Waals surface area contributed by atoms with Gasteiger partial charge < -0.3 is 15.2 Å². The number of halogens is 1. The Bertz CT molecular complexity index is 757. The molecule has 1 saturated heterocycles. The Hall–Kier alpha value is -1.61. The summed E-state index contributed by atoms with van der Waals surface area (Å²) in [6.07, 6.45) is 3.09. The molecule has 2 N–H and O–H groups in total. The van der Waals surface area contributed by atoms with Crippen LogP contribution in [0.2, 0.25) is 0 Å². The number of nitrogens with two attached hydrogens (primary N) is 1. The van der Waals surface area contributed by atoms with E-state index in [1.807, 2.05) is 0 Å². The van der Waals surface area contributed by atoms with Crippen LogP contribution >= 0.6 is 11.8 Å². The fourth-order valence-corrected chi connectivity index (χ4v) is 4.76. The first kappa shape index (κ1) is 20.1. The van der Waals surface area contributed by atoms with E-state index in [1.165, 1.54) is 11.8 Å². The van der Waals surface area contributed by atoms with Crippen molar-refractivity contribution in [2.75, 3.05) is 11.5 Å². The molecule has 1 saturated carbocycles. The minimum absolute atomic E-state index is 0.122. The summed E-state index contributed by atoms with van der Waals surface area (Å²) in [5.41, 5.74) is 3.74. The third kappa shape index (κ3) is 4.45. The van der Waals surface area contributed by atoms with Crippen LogP contribution in [0.1, 0.15) is 46.3 Å². The van der Waals surface area contributed by atoms with Crippen LogP contribution in [0, 0.1) is 23.6 Å². The van der Waals surface area contributed by atoms with E-state index < -0.39 is 35.0 Å². The van der Waals surface area contributed by atoms with E-state index in [4.69, 9.17) is 15.2 Å². The van der Waals surface area contributed by atoms with Crippen molar-refractivity contribution >= 4 is 23.5 Å². The molecular weight excluding hydrogens is 373 g/mol. The lowest BCUT2D eigenvalue weighted by atomic mass is 9.75. The highest BCUT2D eigenvalue weighted by molar-refractivity contribution is 8.00. The molecule has 1 aromatic heterocycles. The summed E-state index contributed by atoms with van der Waals surface area (Å²) in [4.78, 5) is 28.0. The van der Waals surface area contributed by atoms with Crippen molar-refractivity contribution in [2.24, 2.45) is 17.8 Å². The van der Waals surface area contributed by atoms with Crippen molar-refractivity contribution in [3.8, 4) is 0 Å². The molecule has 1 aliphatic carbocycles. The average Bonchev–Trinajstić information content (AvgIpc) is 3.08. The number of nitrogen functional groups attached to an aromatic ring is 1. The standard InChI is InChI=1S/C18H26FN3O4S/c1-9(2)11-5-4-10(3)6-13(11)25-16(23)17-26-14(8-27-17)22-7-12(19)15(20)21-18(22)24/h7,9-11,13-14,17H,4-6,8H2,1-3H3,(H2,20,21,24)/t10-,11+,13-,14-,17+/m1/s1. The fraction of sp³-hybridized carbons (Fsp3) is 0.722. The number of thioether (sulfide) groups is 1. The number of carbonyl (C=O) groups excluding carboxylic acids is 1. The van der Waals surface area contributed by atoms with Gasteiger partial charge in [0.1, 0.15) is 12.3 Å². The summed E-state index contributed by atoms with van der Waals surface area (Å²) < 4.78 is 26.1. The monoisotopic (exact) mass is 399 g/mol. The molecule has 0 bridgehead atoms. The van der Waals surface area contributed by atoms with Gasteiger partial charge in [-0.15, -0.1) is 11.8 Å². The molecule has 2 heterocycles. The van der Waals surface area contributed by atoms with Crippen molar-refractivity contribution < 1.29 is 18.7 Å². The van der Waals surface area contributed by atoms with Crippen LogP contribution < -0.4 is 11.4 Å². The Morgan fingerprint density at radius 2 is 2.22 bits per heavy atom. The number of hydrogen-bond donors (Lipinski definition) is 1. The van der Waals surface area contributed by atoms with Crippen LogP contribution in [0.25, 0.3) is 0 Å². The van der Waals surface area contributed by atoms with Gasteiger partial charge >= 0.3 is 11.7 Å². The number of aromatic nitrogens is 2. The fourth-order valence-electron chi connectivity index (χ4n) is 3.78. The van der Waals surface area contributed by atoms with E-state index in [9.17, 15) is 14.0 Å². The Kier molecular flexibility index (Phi) is 6.10. The normalized spacial score (nSPS) is 31.2. The highest BCUT2D eigenvalue weighted by Crippen LogP contribution is 2.37. The Balaban J connectivity index is 1.65. The maximum absolute atomic E-state index is 13.6. The Morgan fingerprint density at radius 3 is 2.93 bits per heavy atom. The van der Waals surface area contributed by atoms with Crippen molar-refractivity contribution in [2.45, 2.75) is 57.8 Å². The molecule has 5 atom stereocenters. The number of rotatable bonds is 4. The van der Waals surface area contributed by atoms with Gasteiger partial charge in [-0.1, -0.05) is 27.2 Å². The van der Waals surface area contributed by atoms with Gasteiger partial charge in [-0.05, 0) is 30.6 Å². The lowest BCUT2D eigenvalue weighted by Gasteiger charge is -2.37. The first-order chi connectivity index (χ1) is 12.8. The number of nitrogens with zero attached hydrogens (tertiary/aromatic N) is 2. The van der Waals surface area contributed by atoms with Gasteiger partial charge in [-0.25, -0.2) is 14.0 Å². The zero-order valence-electron chi connectivity index (χ0n) is 15.8. The minimum Gasteiger partial charge on any atom is -0.459 e. The quantitative estimate of drug-likeness (QED) is 0.777. The highest BCUT2D eigenvalue weighted by atomic mass is 32.2. The van der Waals surface area contributed by atoms with Gasteiger partial charge in [-0.2, -0.15) is 4.98 Å². The van der Waals surface area contributed by atoms with Crippen molar-refractivity contribution in [1.82, 2.24) is 9.55 Å². The van der Waals surface area contributed by atoms with Crippen LogP contribution in [0.4, 0.5) is 10.2 Å². The number of hydrogen-bond acceptors (Lipinski definition) is 7. The molecule has 3 rings (SSSR count). The van der Waals surface area contributed by atoms with Crippen LogP contribution in [-0.2, 0) is 14.3 Å². The largest absolute Gasteiger partial charge is 0.459 e. The predicted molar refractivity (Wildman–Crippen MR) is 100 cm³/mol. The zero-order chi connectivity index (χ0) is 19.7. The molecule has 2 aliphatic rings. The van der Waals surface area contributed by atoms with Gasteiger partial charge in [0, 0.05) is 5.75 Å². The predicted octanol–water partition coefficient (Wildman–Crippen LogP) is 2.56. The SMILES string of the molecule is CC(C)[C@@H]1CC[C@@H](C)C[C@H]1OC(=O)[C@H]1O[C@@H](n2cc(F)c(N)nc2=O)CS1.